The summed E-state index contributed by atoms with van der Waals surface area (Å²) < 4.78 is 10.3. The zero-order valence-corrected chi connectivity index (χ0v) is 8.36. The Kier molecular flexibility index (Phi) is 4.86. The molecule has 0 aromatic carbocycles. The van der Waals surface area contributed by atoms with Crippen molar-refractivity contribution in [3.63, 3.8) is 0 Å². The fourth-order valence-electron chi connectivity index (χ4n) is 1.12. The van der Waals surface area contributed by atoms with E-state index in [4.69, 9.17) is 9.47 Å². The molecule has 1 fully saturated rings. The predicted octanol–water partition coefficient (Wildman–Crippen LogP) is -0.711. The van der Waals surface area contributed by atoms with Crippen molar-refractivity contribution in [2.45, 2.75) is 25.6 Å². The maximum atomic E-state index is 11.4. The van der Waals surface area contributed by atoms with Crippen LogP contribution in [0.5, 0.6) is 0 Å². The van der Waals surface area contributed by atoms with Crippen molar-refractivity contribution in [3.8, 4) is 0 Å². The standard InChI is InChI=1S/C9H17NO4/c1-2-7(11)5-10-9(12)8-6-13-3-4-14-8/h7-8,11H,2-6H2,1H3,(H,10,12). The smallest absolute Gasteiger partial charge is 0.251 e. The summed E-state index contributed by atoms with van der Waals surface area (Å²) in [6, 6.07) is 0. The van der Waals surface area contributed by atoms with Gasteiger partial charge in [-0.1, -0.05) is 6.92 Å². The predicted molar refractivity (Wildman–Crippen MR) is 49.9 cm³/mol. The maximum Gasteiger partial charge on any atom is 0.251 e. The molecule has 0 saturated carbocycles. The highest BCUT2D eigenvalue weighted by Crippen LogP contribution is 2.00. The van der Waals surface area contributed by atoms with Gasteiger partial charge in [0.2, 0.25) is 0 Å². The lowest BCUT2D eigenvalue weighted by molar-refractivity contribution is -0.147. The summed E-state index contributed by atoms with van der Waals surface area (Å²) in [6.45, 7) is 3.43. The van der Waals surface area contributed by atoms with Crippen LogP contribution in [0.15, 0.2) is 0 Å². The van der Waals surface area contributed by atoms with Crippen molar-refractivity contribution in [2.24, 2.45) is 0 Å². The van der Waals surface area contributed by atoms with Crippen LogP contribution in [0, 0.1) is 0 Å². The Bertz CT molecular complexity index is 180. The van der Waals surface area contributed by atoms with E-state index in [2.05, 4.69) is 5.32 Å². The summed E-state index contributed by atoms with van der Waals surface area (Å²) in [7, 11) is 0. The molecule has 5 nitrogen and oxygen atoms in total. The second-order valence-corrected chi connectivity index (χ2v) is 3.24. The molecule has 1 saturated heterocycles. The van der Waals surface area contributed by atoms with Crippen molar-refractivity contribution in [2.75, 3.05) is 26.4 Å². The molecule has 1 rings (SSSR count). The zero-order chi connectivity index (χ0) is 10.4. The normalized spacial score (nSPS) is 24.3. The van der Waals surface area contributed by atoms with E-state index >= 15 is 0 Å². The molecule has 0 radical (unpaired) electrons. The van der Waals surface area contributed by atoms with Crippen LogP contribution in [-0.4, -0.2) is 49.6 Å². The summed E-state index contributed by atoms with van der Waals surface area (Å²) in [5.74, 6) is -0.211. The van der Waals surface area contributed by atoms with Gasteiger partial charge in [-0.3, -0.25) is 4.79 Å². The van der Waals surface area contributed by atoms with Crippen LogP contribution in [-0.2, 0) is 14.3 Å². The monoisotopic (exact) mass is 203 g/mol. The highest BCUT2D eigenvalue weighted by molar-refractivity contribution is 5.80. The lowest BCUT2D eigenvalue weighted by atomic mass is 10.2. The minimum atomic E-state index is -0.521. The first-order chi connectivity index (χ1) is 6.74. The molecule has 14 heavy (non-hydrogen) atoms. The summed E-state index contributed by atoms with van der Waals surface area (Å²) in [5.41, 5.74) is 0. The van der Waals surface area contributed by atoms with Crippen LogP contribution in [0.4, 0.5) is 0 Å². The van der Waals surface area contributed by atoms with Gasteiger partial charge in [0, 0.05) is 6.54 Å². The number of carbonyl (C=O) groups is 1. The Morgan fingerprint density at radius 2 is 2.43 bits per heavy atom. The van der Waals surface area contributed by atoms with Gasteiger partial charge in [0.25, 0.3) is 5.91 Å². The van der Waals surface area contributed by atoms with Gasteiger partial charge in [0.15, 0.2) is 6.10 Å². The van der Waals surface area contributed by atoms with Crippen LogP contribution < -0.4 is 5.32 Å². The molecule has 0 bridgehead atoms. The Balaban J connectivity index is 2.19. The number of hydrogen-bond acceptors (Lipinski definition) is 4. The largest absolute Gasteiger partial charge is 0.391 e. The van der Waals surface area contributed by atoms with E-state index < -0.39 is 12.2 Å². The Hall–Kier alpha value is -0.650. The van der Waals surface area contributed by atoms with Crippen LogP contribution in [0.2, 0.25) is 0 Å². The van der Waals surface area contributed by atoms with E-state index in [0.717, 1.165) is 0 Å². The summed E-state index contributed by atoms with van der Waals surface area (Å²) >= 11 is 0. The summed E-state index contributed by atoms with van der Waals surface area (Å²) in [6.07, 6.45) is -0.376. The molecular formula is C9H17NO4. The van der Waals surface area contributed by atoms with Crippen LogP contribution >= 0.6 is 0 Å². The number of ether oxygens (including phenoxy) is 2. The molecule has 1 aliphatic rings. The number of nitrogens with one attached hydrogen (secondary N) is 1. The molecule has 82 valence electrons. The van der Waals surface area contributed by atoms with Gasteiger partial charge in [-0.15, -0.1) is 0 Å². The molecule has 0 aliphatic carbocycles. The van der Waals surface area contributed by atoms with Gasteiger partial charge in [-0.2, -0.15) is 0 Å². The fourth-order valence-corrected chi connectivity index (χ4v) is 1.12. The zero-order valence-electron chi connectivity index (χ0n) is 8.36. The number of hydrogen-bond donors (Lipinski definition) is 2. The Morgan fingerprint density at radius 1 is 1.64 bits per heavy atom. The molecule has 2 N–H and O–H groups in total. The van der Waals surface area contributed by atoms with Crippen LogP contribution in [0.1, 0.15) is 13.3 Å². The lowest BCUT2D eigenvalue weighted by Gasteiger charge is -2.22. The molecule has 2 atom stereocenters. The quantitative estimate of drug-likeness (QED) is 0.633. The van der Waals surface area contributed by atoms with Crippen LogP contribution in [0.25, 0.3) is 0 Å². The number of rotatable bonds is 4. The van der Waals surface area contributed by atoms with Crippen molar-refractivity contribution in [3.05, 3.63) is 0 Å². The Labute approximate surface area is 83.4 Å². The van der Waals surface area contributed by atoms with Gasteiger partial charge >= 0.3 is 0 Å². The van der Waals surface area contributed by atoms with Crippen molar-refractivity contribution in [1.82, 2.24) is 5.32 Å². The SMILES string of the molecule is CCC(O)CNC(=O)C1COCCO1. The molecular weight excluding hydrogens is 186 g/mol. The average molecular weight is 203 g/mol. The van der Waals surface area contributed by atoms with Gasteiger partial charge in [-0.05, 0) is 6.42 Å². The molecule has 1 amide bonds. The molecule has 5 heteroatoms. The van der Waals surface area contributed by atoms with Crippen molar-refractivity contribution >= 4 is 5.91 Å². The highest BCUT2D eigenvalue weighted by atomic mass is 16.6. The third-order valence-corrected chi connectivity index (χ3v) is 2.09. The number of aliphatic hydroxyl groups is 1. The van der Waals surface area contributed by atoms with E-state index in [-0.39, 0.29) is 12.5 Å². The first kappa shape index (κ1) is 11.4. The number of aliphatic hydroxyl groups excluding tert-OH is 1. The van der Waals surface area contributed by atoms with Crippen molar-refractivity contribution < 1.29 is 19.4 Å². The second-order valence-electron chi connectivity index (χ2n) is 3.24. The van der Waals surface area contributed by atoms with E-state index in [0.29, 0.717) is 26.2 Å². The topological polar surface area (TPSA) is 67.8 Å². The second kappa shape index (κ2) is 5.95. The first-order valence-electron chi connectivity index (χ1n) is 4.89. The molecule has 1 aliphatic heterocycles. The molecule has 1 heterocycles. The molecule has 0 spiro atoms. The van der Waals surface area contributed by atoms with E-state index in [1.165, 1.54) is 0 Å². The fraction of sp³-hybridized carbons (Fsp3) is 0.889. The number of amides is 1. The average Bonchev–Trinajstić information content (AvgIpc) is 2.26. The Morgan fingerprint density at radius 3 is 3.00 bits per heavy atom. The minimum Gasteiger partial charge on any atom is -0.391 e. The van der Waals surface area contributed by atoms with Crippen LogP contribution in [0.3, 0.4) is 0 Å². The third-order valence-electron chi connectivity index (χ3n) is 2.09. The van der Waals surface area contributed by atoms with Crippen molar-refractivity contribution in [1.29, 1.82) is 0 Å². The van der Waals surface area contributed by atoms with E-state index in [1.54, 1.807) is 0 Å². The number of carbonyl (C=O) groups excluding carboxylic acids is 1. The lowest BCUT2D eigenvalue weighted by Crippen LogP contribution is -2.44. The van der Waals surface area contributed by atoms with Gasteiger partial charge in [-0.25, -0.2) is 0 Å². The summed E-state index contributed by atoms with van der Waals surface area (Å²) in [4.78, 5) is 11.4. The first-order valence-corrected chi connectivity index (χ1v) is 4.89. The molecule has 2 unspecified atom stereocenters. The van der Waals surface area contributed by atoms with E-state index in [9.17, 15) is 9.90 Å². The maximum absolute atomic E-state index is 11.4. The molecule has 0 aromatic rings. The van der Waals surface area contributed by atoms with Gasteiger partial charge in [0.1, 0.15) is 0 Å². The molecule has 0 aromatic heterocycles. The van der Waals surface area contributed by atoms with E-state index in [1.807, 2.05) is 6.92 Å². The highest BCUT2D eigenvalue weighted by Gasteiger charge is 2.22. The van der Waals surface area contributed by atoms with Gasteiger partial charge in [0.05, 0.1) is 25.9 Å². The third kappa shape index (κ3) is 3.61. The van der Waals surface area contributed by atoms with Gasteiger partial charge < -0.3 is 19.9 Å². The minimum absolute atomic E-state index is 0.211. The summed E-state index contributed by atoms with van der Waals surface area (Å²) in [5, 5.41) is 11.8.